The van der Waals surface area contributed by atoms with Crippen molar-refractivity contribution < 1.29 is 28.1 Å². The monoisotopic (exact) mass is 452 g/mol. The summed E-state index contributed by atoms with van der Waals surface area (Å²) in [5.41, 5.74) is 1.73. The Kier molecular flexibility index (Phi) is 5.87. The van der Waals surface area contributed by atoms with E-state index in [-0.39, 0.29) is 22.2 Å². The molecule has 4 aromatic rings. The van der Waals surface area contributed by atoms with E-state index in [1.165, 1.54) is 34.5 Å². The van der Waals surface area contributed by atoms with Gasteiger partial charge in [-0.15, -0.1) is 0 Å². The van der Waals surface area contributed by atoms with Gasteiger partial charge in [0.15, 0.2) is 11.0 Å². The highest BCUT2D eigenvalue weighted by molar-refractivity contribution is 5.99. The smallest absolute Gasteiger partial charge is 0.197 e. The molecule has 0 saturated carbocycles. The number of aromatic nitrogens is 2. The Morgan fingerprint density at radius 2 is 1.39 bits per heavy atom. The number of hydrogen-bond acceptors (Lipinski definition) is 8. The molecular weight excluding hydrogens is 428 g/mol. The average molecular weight is 452 g/mol. The highest BCUT2D eigenvalue weighted by Crippen LogP contribution is 2.45. The van der Waals surface area contributed by atoms with Crippen LogP contribution in [0.1, 0.15) is 0 Å². The molecule has 0 aliphatic rings. The molecule has 0 saturated heterocycles. The second kappa shape index (κ2) is 8.78. The average Bonchev–Trinajstić information content (AvgIpc) is 3.26. The fourth-order valence-electron chi connectivity index (χ4n) is 3.83. The highest BCUT2D eigenvalue weighted by Gasteiger charge is 2.25. The predicted molar refractivity (Wildman–Crippen MR) is 123 cm³/mol. The fourth-order valence-corrected chi connectivity index (χ4v) is 3.83. The van der Waals surface area contributed by atoms with E-state index in [1.807, 2.05) is 6.07 Å². The van der Waals surface area contributed by atoms with Gasteiger partial charge in [-0.3, -0.25) is 9.48 Å². The van der Waals surface area contributed by atoms with Gasteiger partial charge in [0.2, 0.25) is 0 Å². The minimum Gasteiger partial charge on any atom is -0.496 e. The van der Waals surface area contributed by atoms with Crippen molar-refractivity contribution in [3.63, 3.8) is 0 Å². The standard InChI is InChI=1S/C24H24N2O7/c1-26-14(7-8-25-26)21-18(31-5)12-19(32-6)22-15(27)11-20(33-24(21)22)23-16(29-3)9-13(28-2)10-17(23)30-4/h7-12H,1-6H3. The third-order valence-electron chi connectivity index (χ3n) is 5.41. The van der Waals surface area contributed by atoms with Crippen molar-refractivity contribution in [3.05, 3.63) is 46.8 Å². The summed E-state index contributed by atoms with van der Waals surface area (Å²) in [6.45, 7) is 0. The van der Waals surface area contributed by atoms with Crippen molar-refractivity contribution in [1.29, 1.82) is 0 Å². The van der Waals surface area contributed by atoms with Gasteiger partial charge in [0.1, 0.15) is 45.5 Å². The maximum absolute atomic E-state index is 13.4. The lowest BCUT2D eigenvalue weighted by Crippen LogP contribution is -2.06. The van der Waals surface area contributed by atoms with E-state index < -0.39 is 0 Å². The number of benzene rings is 2. The zero-order valence-electron chi connectivity index (χ0n) is 19.2. The zero-order chi connectivity index (χ0) is 23.7. The van der Waals surface area contributed by atoms with E-state index in [9.17, 15) is 4.79 Å². The molecule has 9 heteroatoms. The molecule has 2 heterocycles. The summed E-state index contributed by atoms with van der Waals surface area (Å²) < 4.78 is 35.6. The van der Waals surface area contributed by atoms with Crippen molar-refractivity contribution in [3.8, 4) is 51.3 Å². The third-order valence-corrected chi connectivity index (χ3v) is 5.41. The predicted octanol–water partition coefficient (Wildman–Crippen LogP) is 3.90. The number of aryl methyl sites for hydroxylation is 1. The normalized spacial score (nSPS) is 10.8. The second-order valence-corrected chi connectivity index (χ2v) is 7.08. The molecular formula is C24H24N2O7. The number of fused-ring (bicyclic) bond motifs is 1. The number of hydrogen-bond donors (Lipinski definition) is 0. The van der Waals surface area contributed by atoms with Crippen LogP contribution in [0, 0.1) is 0 Å². The molecule has 0 bridgehead atoms. The van der Waals surface area contributed by atoms with Crippen molar-refractivity contribution in [2.24, 2.45) is 7.05 Å². The zero-order valence-corrected chi connectivity index (χ0v) is 19.2. The Labute approximate surface area is 190 Å². The first-order valence-electron chi connectivity index (χ1n) is 9.98. The lowest BCUT2D eigenvalue weighted by atomic mass is 10.0. The largest absolute Gasteiger partial charge is 0.496 e. The topological polar surface area (TPSA) is 94.2 Å². The number of rotatable bonds is 7. The fraction of sp³-hybridized carbons (Fsp3) is 0.250. The first-order valence-corrected chi connectivity index (χ1v) is 9.98. The molecule has 2 aromatic heterocycles. The van der Waals surface area contributed by atoms with Gasteiger partial charge in [-0.2, -0.15) is 5.10 Å². The van der Waals surface area contributed by atoms with E-state index in [1.54, 1.807) is 43.2 Å². The van der Waals surface area contributed by atoms with Gasteiger partial charge in [-0.05, 0) is 6.07 Å². The summed E-state index contributed by atoms with van der Waals surface area (Å²) >= 11 is 0. The summed E-state index contributed by atoms with van der Waals surface area (Å²) in [7, 11) is 9.40. The van der Waals surface area contributed by atoms with Gasteiger partial charge in [-0.1, -0.05) is 0 Å². The molecule has 0 atom stereocenters. The molecule has 4 rings (SSSR count). The molecule has 0 aliphatic heterocycles. The molecule has 33 heavy (non-hydrogen) atoms. The van der Waals surface area contributed by atoms with Crippen LogP contribution >= 0.6 is 0 Å². The van der Waals surface area contributed by atoms with Crippen molar-refractivity contribution in [2.75, 3.05) is 35.5 Å². The minimum atomic E-state index is -0.297. The van der Waals surface area contributed by atoms with Crippen LogP contribution in [0.5, 0.6) is 28.7 Å². The molecule has 0 amide bonds. The van der Waals surface area contributed by atoms with E-state index >= 15 is 0 Å². The van der Waals surface area contributed by atoms with Gasteiger partial charge in [-0.25, -0.2) is 0 Å². The van der Waals surface area contributed by atoms with Gasteiger partial charge >= 0.3 is 0 Å². The lowest BCUT2D eigenvalue weighted by Gasteiger charge is -2.17. The van der Waals surface area contributed by atoms with Gasteiger partial charge in [0, 0.05) is 37.5 Å². The molecule has 0 N–H and O–H groups in total. The lowest BCUT2D eigenvalue weighted by molar-refractivity contribution is 0.376. The van der Waals surface area contributed by atoms with Crippen molar-refractivity contribution in [1.82, 2.24) is 9.78 Å². The van der Waals surface area contributed by atoms with Crippen LogP contribution in [-0.2, 0) is 7.05 Å². The molecule has 9 nitrogen and oxygen atoms in total. The third kappa shape index (κ3) is 3.61. The minimum absolute atomic E-state index is 0.252. The first-order chi connectivity index (χ1) is 16.0. The van der Waals surface area contributed by atoms with Crippen molar-refractivity contribution >= 4 is 11.0 Å². The summed E-state index contributed by atoms with van der Waals surface area (Å²) in [5.74, 6) is 2.44. The molecule has 0 unspecified atom stereocenters. The molecule has 2 aromatic carbocycles. The molecule has 0 aliphatic carbocycles. The van der Waals surface area contributed by atoms with E-state index in [2.05, 4.69) is 5.10 Å². The summed E-state index contributed by atoms with van der Waals surface area (Å²) in [4.78, 5) is 13.4. The molecule has 0 fully saturated rings. The van der Waals surface area contributed by atoms with Crippen LogP contribution < -0.4 is 29.1 Å². The Morgan fingerprint density at radius 3 is 1.91 bits per heavy atom. The highest BCUT2D eigenvalue weighted by atomic mass is 16.5. The Hall–Kier alpha value is -4.14. The Bertz CT molecular complexity index is 1360. The molecule has 0 radical (unpaired) electrons. The van der Waals surface area contributed by atoms with Crippen LogP contribution in [0.4, 0.5) is 0 Å². The van der Waals surface area contributed by atoms with Gasteiger partial charge in [0.25, 0.3) is 0 Å². The van der Waals surface area contributed by atoms with Crippen LogP contribution in [0.2, 0.25) is 0 Å². The Balaban J connectivity index is 2.15. The maximum Gasteiger partial charge on any atom is 0.197 e. The van der Waals surface area contributed by atoms with Crippen molar-refractivity contribution in [2.45, 2.75) is 0 Å². The summed E-state index contributed by atoms with van der Waals surface area (Å²) in [6, 6.07) is 8.24. The van der Waals surface area contributed by atoms with Gasteiger partial charge in [0.05, 0.1) is 46.8 Å². The summed E-state index contributed by atoms with van der Waals surface area (Å²) in [5, 5.41) is 4.53. The second-order valence-electron chi connectivity index (χ2n) is 7.08. The SMILES string of the molecule is COc1cc(OC)c(-c2cc(=O)c3c(OC)cc(OC)c(-c4ccnn4C)c3o2)c(OC)c1. The molecule has 172 valence electrons. The van der Waals surface area contributed by atoms with Crippen LogP contribution in [-0.4, -0.2) is 45.3 Å². The van der Waals surface area contributed by atoms with Crippen LogP contribution in [0.25, 0.3) is 33.6 Å². The molecule has 0 spiro atoms. The Morgan fingerprint density at radius 1 is 0.788 bits per heavy atom. The first kappa shape index (κ1) is 22.1. The van der Waals surface area contributed by atoms with E-state index in [0.29, 0.717) is 45.6 Å². The summed E-state index contributed by atoms with van der Waals surface area (Å²) in [6.07, 6.45) is 1.66. The van der Waals surface area contributed by atoms with Crippen LogP contribution in [0.15, 0.2) is 45.7 Å². The number of methoxy groups -OCH3 is 5. The van der Waals surface area contributed by atoms with E-state index in [0.717, 1.165) is 0 Å². The van der Waals surface area contributed by atoms with Gasteiger partial charge < -0.3 is 28.1 Å². The number of nitrogens with zero attached hydrogens (tertiary/aromatic N) is 2. The van der Waals surface area contributed by atoms with E-state index in [4.69, 9.17) is 28.1 Å². The van der Waals surface area contributed by atoms with Crippen LogP contribution in [0.3, 0.4) is 0 Å². The quantitative estimate of drug-likeness (QED) is 0.417. The maximum atomic E-state index is 13.4. The number of ether oxygens (including phenoxy) is 5.